The number of ether oxygens (including phenoxy) is 2. The van der Waals surface area contributed by atoms with Gasteiger partial charge in [0, 0.05) is 11.6 Å². The Bertz CT molecular complexity index is 719. The molecular weight excluding hydrogens is 317 g/mol. The van der Waals surface area contributed by atoms with Crippen LogP contribution in [-0.2, 0) is 0 Å². The lowest BCUT2D eigenvalue weighted by Gasteiger charge is -2.13. The van der Waals surface area contributed by atoms with Gasteiger partial charge in [0.1, 0.15) is 6.20 Å². The van der Waals surface area contributed by atoms with Crippen LogP contribution in [0.25, 0.3) is 0 Å². The van der Waals surface area contributed by atoms with Gasteiger partial charge in [-0.2, -0.15) is 13.2 Å². The van der Waals surface area contributed by atoms with E-state index in [2.05, 4.69) is 9.72 Å². The van der Waals surface area contributed by atoms with Crippen LogP contribution < -0.4 is 9.47 Å². The molecule has 0 spiro atoms. The zero-order valence-corrected chi connectivity index (χ0v) is 11.8. The molecule has 0 amide bonds. The molecule has 0 unspecified atom stereocenters. The zero-order chi connectivity index (χ0) is 17.0. The van der Waals surface area contributed by atoms with Crippen LogP contribution in [-0.4, -0.2) is 22.7 Å². The minimum absolute atomic E-state index is 0.0103. The quantitative estimate of drug-likeness (QED) is 0.612. The Morgan fingerprint density at radius 2 is 1.91 bits per heavy atom. The first-order valence-electron chi connectivity index (χ1n) is 6.34. The summed E-state index contributed by atoms with van der Waals surface area (Å²) in [5, 5.41) is 10.7. The van der Waals surface area contributed by atoms with Crippen molar-refractivity contribution in [2.75, 3.05) is 6.61 Å². The lowest BCUT2D eigenvalue weighted by molar-refractivity contribution is -0.385. The van der Waals surface area contributed by atoms with Crippen LogP contribution in [0.4, 0.5) is 18.9 Å². The summed E-state index contributed by atoms with van der Waals surface area (Å²) >= 11 is 0. The molecule has 0 atom stereocenters. The molecule has 0 fully saturated rings. The highest BCUT2D eigenvalue weighted by Crippen LogP contribution is 2.32. The van der Waals surface area contributed by atoms with Crippen LogP contribution in [0.5, 0.6) is 17.4 Å². The van der Waals surface area contributed by atoms with Crippen LogP contribution in [0.3, 0.4) is 0 Å². The number of para-hydroxylation sites is 2. The molecule has 0 saturated heterocycles. The fourth-order valence-corrected chi connectivity index (χ4v) is 1.70. The van der Waals surface area contributed by atoms with Gasteiger partial charge in [0.05, 0.1) is 4.92 Å². The summed E-state index contributed by atoms with van der Waals surface area (Å²) in [6.45, 7) is 0.0405. The Hall–Kier alpha value is -2.84. The molecule has 0 aliphatic heterocycles. The second kappa shape index (κ2) is 6.51. The van der Waals surface area contributed by atoms with E-state index in [-0.39, 0.29) is 23.1 Å². The van der Waals surface area contributed by atoms with E-state index in [0.29, 0.717) is 5.56 Å². The Kier molecular flexibility index (Phi) is 4.68. The van der Waals surface area contributed by atoms with Gasteiger partial charge < -0.3 is 9.47 Å². The van der Waals surface area contributed by atoms with Gasteiger partial charge in [-0.1, -0.05) is 12.1 Å². The molecule has 0 N–H and O–H groups in total. The number of rotatable bonds is 5. The molecule has 0 aliphatic rings. The average Bonchev–Trinajstić information content (AvgIpc) is 2.45. The maximum absolute atomic E-state index is 12.2. The molecule has 9 heteroatoms. The van der Waals surface area contributed by atoms with E-state index in [0.717, 1.165) is 6.20 Å². The second-order valence-electron chi connectivity index (χ2n) is 4.52. The van der Waals surface area contributed by atoms with Gasteiger partial charge in [0.15, 0.2) is 18.1 Å². The van der Waals surface area contributed by atoms with Crippen LogP contribution in [0.2, 0.25) is 0 Å². The van der Waals surface area contributed by atoms with Crippen molar-refractivity contribution in [3.05, 3.63) is 52.2 Å². The number of halogens is 3. The Morgan fingerprint density at radius 3 is 2.48 bits per heavy atom. The molecule has 6 nitrogen and oxygen atoms in total. The first-order valence-corrected chi connectivity index (χ1v) is 6.34. The van der Waals surface area contributed by atoms with Gasteiger partial charge in [-0.15, -0.1) is 0 Å². The molecule has 0 radical (unpaired) electrons. The summed E-state index contributed by atoms with van der Waals surface area (Å²) in [7, 11) is 0. The number of nitrogens with zero attached hydrogens (tertiary/aromatic N) is 2. The van der Waals surface area contributed by atoms with Crippen molar-refractivity contribution in [3.8, 4) is 17.4 Å². The minimum atomic E-state index is -4.48. The summed E-state index contributed by atoms with van der Waals surface area (Å²) in [5.41, 5.74) is 0.132. The fourth-order valence-electron chi connectivity index (χ4n) is 1.70. The first kappa shape index (κ1) is 16.5. The van der Waals surface area contributed by atoms with E-state index >= 15 is 0 Å². The SMILES string of the molecule is Cc1cc(Oc2ccccc2OCC(F)(F)F)ncc1[N+](=O)[O-]. The number of alkyl halides is 3. The molecule has 1 heterocycles. The Balaban J connectivity index is 2.20. The molecule has 2 rings (SSSR count). The van der Waals surface area contributed by atoms with E-state index in [1.165, 1.54) is 31.2 Å². The number of aryl methyl sites for hydroxylation is 1. The van der Waals surface area contributed by atoms with Crippen LogP contribution in [0.15, 0.2) is 36.5 Å². The lowest BCUT2D eigenvalue weighted by Crippen LogP contribution is -2.19. The largest absolute Gasteiger partial charge is 0.480 e. The highest BCUT2D eigenvalue weighted by atomic mass is 19.4. The van der Waals surface area contributed by atoms with Gasteiger partial charge in [0.2, 0.25) is 5.88 Å². The predicted octanol–water partition coefficient (Wildman–Crippen LogP) is 4.03. The Labute approximate surface area is 128 Å². The summed E-state index contributed by atoms with van der Waals surface area (Å²) in [4.78, 5) is 13.9. The topological polar surface area (TPSA) is 74.5 Å². The summed E-state index contributed by atoms with van der Waals surface area (Å²) in [6.07, 6.45) is -3.46. The molecule has 23 heavy (non-hydrogen) atoms. The van der Waals surface area contributed by atoms with Gasteiger partial charge in [-0.05, 0) is 19.1 Å². The number of pyridine rings is 1. The van der Waals surface area contributed by atoms with Gasteiger partial charge in [-0.3, -0.25) is 10.1 Å². The number of hydrogen-bond donors (Lipinski definition) is 0. The molecule has 0 bridgehead atoms. The third-order valence-electron chi connectivity index (χ3n) is 2.71. The van der Waals surface area contributed by atoms with Crippen molar-refractivity contribution >= 4 is 5.69 Å². The van der Waals surface area contributed by atoms with Gasteiger partial charge in [-0.25, -0.2) is 4.98 Å². The second-order valence-corrected chi connectivity index (χ2v) is 4.52. The number of benzene rings is 1. The number of hydrogen-bond acceptors (Lipinski definition) is 5. The third kappa shape index (κ3) is 4.56. The van der Waals surface area contributed by atoms with Gasteiger partial charge in [0.25, 0.3) is 5.69 Å². The molecule has 0 saturated carbocycles. The maximum atomic E-state index is 12.2. The molecule has 1 aromatic heterocycles. The van der Waals surface area contributed by atoms with Crippen molar-refractivity contribution < 1.29 is 27.6 Å². The highest BCUT2D eigenvalue weighted by Gasteiger charge is 2.29. The van der Waals surface area contributed by atoms with Crippen LogP contribution >= 0.6 is 0 Å². The first-order chi connectivity index (χ1) is 10.8. The van der Waals surface area contributed by atoms with E-state index in [1.807, 2.05) is 0 Å². The monoisotopic (exact) mass is 328 g/mol. The van der Waals surface area contributed by atoms with E-state index in [4.69, 9.17) is 4.74 Å². The van der Waals surface area contributed by atoms with Crippen molar-refractivity contribution in [1.29, 1.82) is 0 Å². The van der Waals surface area contributed by atoms with Crippen LogP contribution in [0.1, 0.15) is 5.56 Å². The zero-order valence-electron chi connectivity index (χ0n) is 11.8. The number of aromatic nitrogens is 1. The maximum Gasteiger partial charge on any atom is 0.422 e. The van der Waals surface area contributed by atoms with E-state index in [1.54, 1.807) is 6.07 Å². The Morgan fingerprint density at radius 1 is 1.26 bits per heavy atom. The van der Waals surface area contributed by atoms with E-state index < -0.39 is 17.7 Å². The fraction of sp³-hybridized carbons (Fsp3) is 0.214. The van der Waals surface area contributed by atoms with E-state index in [9.17, 15) is 23.3 Å². The highest BCUT2D eigenvalue weighted by molar-refractivity contribution is 5.44. The summed E-state index contributed by atoms with van der Waals surface area (Å²) in [5.74, 6) is -0.0729. The van der Waals surface area contributed by atoms with Crippen molar-refractivity contribution in [2.45, 2.75) is 13.1 Å². The van der Waals surface area contributed by atoms with Crippen molar-refractivity contribution in [2.24, 2.45) is 0 Å². The lowest BCUT2D eigenvalue weighted by atomic mass is 10.2. The van der Waals surface area contributed by atoms with Crippen molar-refractivity contribution in [3.63, 3.8) is 0 Å². The minimum Gasteiger partial charge on any atom is -0.480 e. The molecule has 1 aromatic carbocycles. The molecule has 2 aromatic rings. The molecule has 122 valence electrons. The number of nitro groups is 1. The standard InChI is InChI=1S/C14H11F3N2O4/c1-9-6-13(18-7-10(9)19(20)21)23-12-5-3-2-4-11(12)22-8-14(15,16)17/h2-7H,8H2,1H3. The summed E-state index contributed by atoms with van der Waals surface area (Å²) in [6, 6.07) is 7.09. The molecular formula is C14H11F3N2O4. The summed E-state index contributed by atoms with van der Waals surface area (Å²) < 4.78 is 46.7. The normalized spacial score (nSPS) is 11.1. The van der Waals surface area contributed by atoms with Crippen molar-refractivity contribution in [1.82, 2.24) is 4.98 Å². The average molecular weight is 328 g/mol. The van der Waals surface area contributed by atoms with Gasteiger partial charge >= 0.3 is 6.18 Å². The van der Waals surface area contributed by atoms with Crippen LogP contribution in [0, 0.1) is 17.0 Å². The molecule has 0 aliphatic carbocycles. The predicted molar refractivity (Wildman–Crippen MR) is 73.7 cm³/mol. The smallest absolute Gasteiger partial charge is 0.422 e. The third-order valence-corrected chi connectivity index (χ3v) is 2.71.